The highest BCUT2D eigenvalue weighted by Gasteiger charge is 2.11. The molecule has 0 aromatic heterocycles. The van der Waals surface area contributed by atoms with E-state index in [0.717, 1.165) is 12.5 Å². The molecule has 31 heavy (non-hydrogen) atoms. The van der Waals surface area contributed by atoms with Gasteiger partial charge in [-0.1, -0.05) is 42.5 Å². The van der Waals surface area contributed by atoms with Crippen LogP contribution in [-0.2, 0) is 9.84 Å². The summed E-state index contributed by atoms with van der Waals surface area (Å²) in [6.07, 6.45) is 1.19. The zero-order valence-electron chi connectivity index (χ0n) is 18.1. The molecule has 0 saturated carbocycles. The predicted molar refractivity (Wildman–Crippen MR) is 127 cm³/mol. The Bertz CT molecular complexity index is 1140. The Balaban J connectivity index is 1.61. The summed E-state index contributed by atoms with van der Waals surface area (Å²) < 4.78 is 28.8. The molecule has 3 aromatic rings. The van der Waals surface area contributed by atoms with Crippen LogP contribution in [-0.4, -0.2) is 40.3 Å². The van der Waals surface area contributed by atoms with Crippen LogP contribution in [0.2, 0.25) is 0 Å². The van der Waals surface area contributed by atoms with Crippen LogP contribution in [0.25, 0.3) is 10.8 Å². The average Bonchev–Trinajstić information content (AvgIpc) is 2.76. The third-order valence-electron chi connectivity index (χ3n) is 4.87. The molecule has 3 rings (SSSR count). The number of hydrogen-bond acceptors (Lipinski definition) is 4. The molecule has 0 aliphatic carbocycles. The van der Waals surface area contributed by atoms with E-state index in [-0.39, 0.29) is 10.9 Å². The van der Waals surface area contributed by atoms with Crippen molar-refractivity contribution in [2.45, 2.75) is 24.8 Å². The van der Waals surface area contributed by atoms with E-state index in [0.29, 0.717) is 18.9 Å². The van der Waals surface area contributed by atoms with E-state index in [2.05, 4.69) is 58.9 Å². The summed E-state index contributed by atoms with van der Waals surface area (Å²) in [4.78, 5) is 4.88. The lowest BCUT2D eigenvalue weighted by Gasteiger charge is -2.20. The van der Waals surface area contributed by atoms with E-state index in [1.165, 1.54) is 22.6 Å². The second kappa shape index (κ2) is 10.3. The first-order chi connectivity index (χ1) is 14.9. The van der Waals surface area contributed by atoms with Gasteiger partial charge in [0.25, 0.3) is 0 Å². The van der Waals surface area contributed by atoms with E-state index in [4.69, 9.17) is 4.74 Å². The van der Waals surface area contributed by atoms with Crippen LogP contribution in [0.4, 0.5) is 0 Å². The van der Waals surface area contributed by atoms with Gasteiger partial charge >= 0.3 is 0 Å². The molecular formula is C24H29N3O3S. The van der Waals surface area contributed by atoms with Crippen molar-refractivity contribution in [1.82, 2.24) is 10.6 Å². The molecule has 1 atom stereocenters. The Labute approximate surface area is 184 Å². The first-order valence-electron chi connectivity index (χ1n) is 10.3. The van der Waals surface area contributed by atoms with Crippen molar-refractivity contribution in [2.75, 3.05) is 26.0 Å². The molecule has 0 aliphatic rings. The standard InChI is InChI=1S/C24H29N3O3S/c1-4-25-24(26-16-17-30-20-12-14-21(15-13-20)31(3,28)29)27-18(2)22-11-7-9-19-8-5-6-10-23(19)22/h5-15,18H,4,16-17H2,1-3H3,(H2,25,26,27). The molecule has 0 amide bonds. The quantitative estimate of drug-likeness (QED) is 0.316. The van der Waals surface area contributed by atoms with Crippen LogP contribution in [0, 0.1) is 0 Å². The van der Waals surface area contributed by atoms with Crippen LogP contribution < -0.4 is 15.4 Å². The lowest BCUT2D eigenvalue weighted by Crippen LogP contribution is -2.39. The smallest absolute Gasteiger partial charge is 0.191 e. The van der Waals surface area contributed by atoms with Gasteiger partial charge in [-0.3, -0.25) is 0 Å². The fourth-order valence-corrected chi connectivity index (χ4v) is 3.97. The second-order valence-electron chi connectivity index (χ2n) is 7.29. The molecule has 0 spiro atoms. The minimum Gasteiger partial charge on any atom is -0.492 e. The largest absolute Gasteiger partial charge is 0.492 e. The zero-order chi connectivity index (χ0) is 22.3. The Morgan fingerprint density at radius 1 is 1.03 bits per heavy atom. The van der Waals surface area contributed by atoms with E-state index in [1.807, 2.05) is 13.0 Å². The molecule has 7 heteroatoms. The van der Waals surface area contributed by atoms with Gasteiger partial charge in [0, 0.05) is 12.8 Å². The van der Waals surface area contributed by atoms with Crippen molar-refractivity contribution in [3.63, 3.8) is 0 Å². The number of ether oxygens (including phenoxy) is 1. The molecule has 0 bridgehead atoms. The summed E-state index contributed by atoms with van der Waals surface area (Å²) >= 11 is 0. The second-order valence-corrected chi connectivity index (χ2v) is 9.30. The summed E-state index contributed by atoms with van der Waals surface area (Å²) in [6, 6.07) is 21.2. The normalized spacial score (nSPS) is 13.1. The average molecular weight is 440 g/mol. The molecule has 0 radical (unpaired) electrons. The minimum atomic E-state index is -3.20. The van der Waals surface area contributed by atoms with Gasteiger partial charge in [-0.15, -0.1) is 0 Å². The van der Waals surface area contributed by atoms with Crippen LogP contribution in [0.15, 0.2) is 76.6 Å². The van der Waals surface area contributed by atoms with Gasteiger partial charge in [-0.25, -0.2) is 13.4 Å². The molecule has 1 unspecified atom stereocenters. The fourth-order valence-electron chi connectivity index (χ4n) is 3.33. The topological polar surface area (TPSA) is 79.8 Å². The van der Waals surface area contributed by atoms with Crippen molar-refractivity contribution in [1.29, 1.82) is 0 Å². The van der Waals surface area contributed by atoms with Crippen molar-refractivity contribution in [3.05, 3.63) is 72.3 Å². The molecular weight excluding hydrogens is 410 g/mol. The van der Waals surface area contributed by atoms with E-state index in [1.54, 1.807) is 24.3 Å². The lowest BCUT2D eigenvalue weighted by atomic mass is 10.00. The highest BCUT2D eigenvalue weighted by Crippen LogP contribution is 2.24. The van der Waals surface area contributed by atoms with Crippen molar-refractivity contribution >= 4 is 26.6 Å². The van der Waals surface area contributed by atoms with Crippen LogP contribution in [0.5, 0.6) is 5.75 Å². The molecule has 2 N–H and O–H groups in total. The van der Waals surface area contributed by atoms with Gasteiger partial charge in [0.05, 0.1) is 17.5 Å². The summed E-state index contributed by atoms with van der Waals surface area (Å²) in [5, 5.41) is 9.17. The molecule has 0 heterocycles. The number of guanidine groups is 1. The first-order valence-corrected chi connectivity index (χ1v) is 12.2. The van der Waals surface area contributed by atoms with E-state index in [9.17, 15) is 8.42 Å². The number of fused-ring (bicyclic) bond motifs is 1. The van der Waals surface area contributed by atoms with E-state index < -0.39 is 9.84 Å². The van der Waals surface area contributed by atoms with E-state index >= 15 is 0 Å². The monoisotopic (exact) mass is 439 g/mol. The minimum absolute atomic E-state index is 0.0772. The molecule has 6 nitrogen and oxygen atoms in total. The number of nitrogens with zero attached hydrogens (tertiary/aromatic N) is 1. The molecule has 0 fully saturated rings. The molecule has 0 saturated heterocycles. The van der Waals surface area contributed by atoms with Gasteiger partial charge in [0.2, 0.25) is 0 Å². The predicted octanol–water partition coefficient (Wildman–Crippen LogP) is 3.94. The highest BCUT2D eigenvalue weighted by molar-refractivity contribution is 7.90. The number of benzene rings is 3. The van der Waals surface area contributed by atoms with Gasteiger partial charge in [-0.2, -0.15) is 0 Å². The summed E-state index contributed by atoms with van der Waals surface area (Å²) in [7, 11) is -3.20. The Hall–Kier alpha value is -3.06. The molecule has 0 aliphatic heterocycles. The summed E-state index contributed by atoms with van der Waals surface area (Å²) in [6.45, 7) is 5.75. The Morgan fingerprint density at radius 3 is 2.45 bits per heavy atom. The molecule has 164 valence electrons. The van der Waals surface area contributed by atoms with Gasteiger partial charge in [0.1, 0.15) is 12.4 Å². The number of sulfone groups is 1. The van der Waals surface area contributed by atoms with Crippen molar-refractivity contribution in [2.24, 2.45) is 4.99 Å². The number of hydrogen-bond donors (Lipinski definition) is 2. The Morgan fingerprint density at radius 2 is 1.74 bits per heavy atom. The third-order valence-corrected chi connectivity index (χ3v) is 6.00. The van der Waals surface area contributed by atoms with Crippen molar-refractivity contribution < 1.29 is 13.2 Å². The zero-order valence-corrected chi connectivity index (χ0v) is 18.9. The maximum atomic E-state index is 11.5. The van der Waals surface area contributed by atoms with Crippen LogP contribution in [0.1, 0.15) is 25.5 Å². The molecule has 3 aromatic carbocycles. The maximum absolute atomic E-state index is 11.5. The first kappa shape index (κ1) is 22.6. The summed E-state index contributed by atoms with van der Waals surface area (Å²) in [5.74, 6) is 1.34. The lowest BCUT2D eigenvalue weighted by molar-refractivity contribution is 0.328. The summed E-state index contributed by atoms with van der Waals surface area (Å²) in [5.41, 5.74) is 1.21. The Kier molecular flexibility index (Phi) is 7.52. The third kappa shape index (κ3) is 6.21. The maximum Gasteiger partial charge on any atom is 0.191 e. The SMILES string of the molecule is CCNC(=NCCOc1ccc(S(C)(=O)=O)cc1)NC(C)c1cccc2ccccc12. The van der Waals surface area contributed by atoms with Gasteiger partial charge < -0.3 is 15.4 Å². The van der Waals surface area contributed by atoms with Gasteiger partial charge in [-0.05, 0) is 54.4 Å². The number of aliphatic imine (C=N–C) groups is 1. The highest BCUT2D eigenvalue weighted by atomic mass is 32.2. The van der Waals surface area contributed by atoms with Crippen LogP contribution >= 0.6 is 0 Å². The number of rotatable bonds is 8. The fraction of sp³-hybridized carbons (Fsp3) is 0.292. The number of nitrogens with one attached hydrogen (secondary N) is 2. The van der Waals surface area contributed by atoms with Crippen LogP contribution in [0.3, 0.4) is 0 Å². The van der Waals surface area contributed by atoms with Gasteiger partial charge in [0.15, 0.2) is 15.8 Å². The van der Waals surface area contributed by atoms with Crippen molar-refractivity contribution in [3.8, 4) is 5.75 Å².